The normalized spacial score (nSPS) is 12.8. The third-order valence-corrected chi connectivity index (χ3v) is 3.84. The van der Waals surface area contributed by atoms with Gasteiger partial charge >= 0.3 is 0 Å². The lowest BCUT2D eigenvalue weighted by Gasteiger charge is -2.13. The van der Waals surface area contributed by atoms with Crippen molar-refractivity contribution in [2.75, 3.05) is 5.32 Å². The molecular formula is C17H14N2O4. The zero-order valence-corrected chi connectivity index (χ0v) is 12.5. The molecule has 116 valence electrons. The fraction of sp³-hybridized carbons (Fsp3) is 0.176. The minimum Gasteiger partial charge on any atom is -0.326 e. The highest BCUT2D eigenvalue weighted by Crippen LogP contribution is 2.36. The number of benzene rings is 2. The molecule has 0 radical (unpaired) electrons. The number of nitro groups is 1. The van der Waals surface area contributed by atoms with Gasteiger partial charge in [0.1, 0.15) is 0 Å². The number of amides is 1. The lowest BCUT2D eigenvalue weighted by Crippen LogP contribution is -2.08. The van der Waals surface area contributed by atoms with Crippen LogP contribution in [0.4, 0.5) is 11.4 Å². The number of nitrogens with zero attached hydrogens (tertiary/aromatic N) is 1. The number of carbonyl (C=O) groups is 2. The number of ketones is 1. The second-order valence-electron chi connectivity index (χ2n) is 5.47. The second-order valence-corrected chi connectivity index (χ2v) is 5.47. The van der Waals surface area contributed by atoms with Crippen LogP contribution in [0.15, 0.2) is 36.4 Å². The molecule has 1 N–H and O–H groups in total. The number of nitrogens with one attached hydrogen (secondary N) is 1. The van der Waals surface area contributed by atoms with Crippen LogP contribution < -0.4 is 5.32 Å². The Kier molecular flexibility index (Phi) is 3.65. The maximum absolute atomic E-state index is 12.0. The van der Waals surface area contributed by atoms with Crippen molar-refractivity contribution in [2.24, 2.45) is 0 Å². The fourth-order valence-corrected chi connectivity index (χ4v) is 2.81. The van der Waals surface area contributed by atoms with E-state index in [4.69, 9.17) is 0 Å². The first-order valence-corrected chi connectivity index (χ1v) is 7.18. The van der Waals surface area contributed by atoms with Gasteiger partial charge in [0.05, 0.1) is 4.92 Å². The molecule has 1 aliphatic carbocycles. The summed E-state index contributed by atoms with van der Waals surface area (Å²) < 4.78 is 0. The highest BCUT2D eigenvalue weighted by Gasteiger charge is 2.23. The summed E-state index contributed by atoms with van der Waals surface area (Å²) in [7, 11) is 0. The first kappa shape index (κ1) is 14.9. The number of hydrogen-bond donors (Lipinski definition) is 1. The SMILES string of the molecule is CC(=O)Nc1cc2c(cc1-c1cccc([N+](=O)[O-])c1)C(=O)CC2. The molecule has 0 heterocycles. The Morgan fingerprint density at radius 2 is 1.96 bits per heavy atom. The molecule has 0 unspecified atom stereocenters. The van der Waals surface area contributed by atoms with Crippen LogP contribution in [0.3, 0.4) is 0 Å². The molecule has 0 spiro atoms. The Hall–Kier alpha value is -3.02. The number of hydrogen-bond acceptors (Lipinski definition) is 4. The second kappa shape index (κ2) is 5.64. The largest absolute Gasteiger partial charge is 0.326 e. The summed E-state index contributed by atoms with van der Waals surface area (Å²) in [5.41, 5.74) is 3.24. The van der Waals surface area contributed by atoms with Crippen molar-refractivity contribution < 1.29 is 14.5 Å². The molecule has 0 saturated carbocycles. The van der Waals surface area contributed by atoms with Crippen LogP contribution in [0, 0.1) is 10.1 Å². The first-order valence-electron chi connectivity index (χ1n) is 7.18. The van der Waals surface area contributed by atoms with Gasteiger partial charge in [-0.2, -0.15) is 0 Å². The summed E-state index contributed by atoms with van der Waals surface area (Å²) in [6.07, 6.45) is 1.10. The van der Waals surface area contributed by atoms with E-state index < -0.39 is 4.92 Å². The molecule has 2 aromatic rings. The topological polar surface area (TPSA) is 89.3 Å². The molecule has 3 rings (SSSR count). The molecule has 23 heavy (non-hydrogen) atoms. The molecule has 6 nitrogen and oxygen atoms in total. The number of fused-ring (bicyclic) bond motifs is 1. The third-order valence-electron chi connectivity index (χ3n) is 3.84. The Labute approximate surface area is 132 Å². The fourth-order valence-electron chi connectivity index (χ4n) is 2.81. The van der Waals surface area contributed by atoms with Crippen LogP contribution in [0.1, 0.15) is 29.3 Å². The predicted molar refractivity (Wildman–Crippen MR) is 85.5 cm³/mol. The molecule has 0 bridgehead atoms. The quantitative estimate of drug-likeness (QED) is 0.695. The van der Waals surface area contributed by atoms with Crippen molar-refractivity contribution in [2.45, 2.75) is 19.8 Å². The minimum atomic E-state index is -0.472. The molecule has 2 aromatic carbocycles. The summed E-state index contributed by atoms with van der Waals surface area (Å²) in [5.74, 6) is -0.179. The van der Waals surface area contributed by atoms with Gasteiger partial charge in [0.15, 0.2) is 5.78 Å². The zero-order chi connectivity index (χ0) is 16.6. The summed E-state index contributed by atoms with van der Waals surface area (Å²) in [6.45, 7) is 1.40. The Morgan fingerprint density at radius 1 is 1.17 bits per heavy atom. The predicted octanol–water partition coefficient (Wildman–Crippen LogP) is 3.35. The van der Waals surface area contributed by atoms with Gasteiger partial charge in [-0.05, 0) is 29.7 Å². The van der Waals surface area contributed by atoms with Gasteiger partial charge in [0, 0.05) is 42.3 Å². The molecule has 0 aliphatic heterocycles. The minimum absolute atomic E-state index is 0.0388. The Balaban J connectivity index is 2.18. The van der Waals surface area contributed by atoms with Gasteiger partial charge in [-0.3, -0.25) is 19.7 Å². The number of anilines is 1. The monoisotopic (exact) mass is 310 g/mol. The van der Waals surface area contributed by atoms with Crippen LogP contribution in [-0.4, -0.2) is 16.6 Å². The molecule has 6 heteroatoms. The van der Waals surface area contributed by atoms with Crippen molar-refractivity contribution in [3.05, 3.63) is 57.6 Å². The van der Waals surface area contributed by atoms with Crippen LogP contribution in [0.25, 0.3) is 11.1 Å². The number of aryl methyl sites for hydroxylation is 1. The van der Waals surface area contributed by atoms with E-state index in [0.717, 1.165) is 5.56 Å². The molecule has 0 saturated heterocycles. The van der Waals surface area contributed by atoms with E-state index in [2.05, 4.69) is 5.32 Å². The number of Topliss-reactive ketones (excluding diaryl/α,β-unsaturated/α-hetero) is 1. The van der Waals surface area contributed by atoms with Gasteiger partial charge < -0.3 is 5.32 Å². The smallest absolute Gasteiger partial charge is 0.270 e. The Bertz CT molecular complexity index is 842. The number of nitro benzene ring substituents is 1. The van der Waals surface area contributed by atoms with E-state index in [1.54, 1.807) is 24.3 Å². The summed E-state index contributed by atoms with van der Waals surface area (Å²) in [5, 5.41) is 13.7. The summed E-state index contributed by atoms with van der Waals surface area (Å²) >= 11 is 0. The average molecular weight is 310 g/mol. The molecule has 0 fully saturated rings. The average Bonchev–Trinajstić information content (AvgIpc) is 2.86. The highest BCUT2D eigenvalue weighted by molar-refractivity contribution is 6.04. The van der Waals surface area contributed by atoms with Crippen molar-refractivity contribution in [1.82, 2.24) is 0 Å². The maximum Gasteiger partial charge on any atom is 0.270 e. The van der Waals surface area contributed by atoms with E-state index in [9.17, 15) is 19.7 Å². The van der Waals surface area contributed by atoms with Crippen LogP contribution in [0.2, 0.25) is 0 Å². The lowest BCUT2D eigenvalue weighted by molar-refractivity contribution is -0.384. The summed E-state index contributed by atoms with van der Waals surface area (Å²) in [6, 6.07) is 9.65. The van der Waals surface area contributed by atoms with E-state index in [1.165, 1.54) is 19.1 Å². The molecule has 1 amide bonds. The van der Waals surface area contributed by atoms with Gasteiger partial charge in [0.25, 0.3) is 5.69 Å². The van der Waals surface area contributed by atoms with Gasteiger partial charge in [-0.15, -0.1) is 0 Å². The third kappa shape index (κ3) is 2.83. The van der Waals surface area contributed by atoms with E-state index in [-0.39, 0.29) is 17.4 Å². The maximum atomic E-state index is 12.0. The number of carbonyl (C=O) groups excluding carboxylic acids is 2. The molecule has 0 aromatic heterocycles. The van der Waals surface area contributed by atoms with Crippen molar-refractivity contribution >= 4 is 23.1 Å². The Morgan fingerprint density at radius 3 is 2.65 bits per heavy atom. The van der Waals surface area contributed by atoms with Crippen molar-refractivity contribution in [3.63, 3.8) is 0 Å². The zero-order valence-electron chi connectivity index (χ0n) is 12.5. The van der Waals surface area contributed by atoms with Crippen molar-refractivity contribution in [3.8, 4) is 11.1 Å². The van der Waals surface area contributed by atoms with Crippen LogP contribution >= 0.6 is 0 Å². The van der Waals surface area contributed by atoms with Crippen LogP contribution in [0.5, 0.6) is 0 Å². The van der Waals surface area contributed by atoms with E-state index in [0.29, 0.717) is 35.2 Å². The standard InChI is InChI=1S/C17H14N2O4/c1-10(20)18-16-8-12-5-6-17(21)15(12)9-14(16)11-3-2-4-13(7-11)19(22)23/h2-4,7-9H,5-6H2,1H3,(H,18,20). The van der Waals surface area contributed by atoms with Crippen LogP contribution in [-0.2, 0) is 11.2 Å². The number of non-ortho nitro benzene ring substituents is 1. The first-order chi connectivity index (χ1) is 11.0. The lowest BCUT2D eigenvalue weighted by atomic mass is 9.97. The van der Waals surface area contributed by atoms with Crippen molar-refractivity contribution in [1.29, 1.82) is 0 Å². The highest BCUT2D eigenvalue weighted by atomic mass is 16.6. The van der Waals surface area contributed by atoms with E-state index in [1.807, 2.05) is 0 Å². The molecule has 0 atom stereocenters. The van der Waals surface area contributed by atoms with Gasteiger partial charge in [0.2, 0.25) is 5.91 Å². The molecule has 1 aliphatic rings. The van der Waals surface area contributed by atoms with Gasteiger partial charge in [-0.1, -0.05) is 12.1 Å². The summed E-state index contributed by atoms with van der Waals surface area (Å²) in [4.78, 5) is 33.9. The van der Waals surface area contributed by atoms with Gasteiger partial charge in [-0.25, -0.2) is 0 Å². The van der Waals surface area contributed by atoms with E-state index >= 15 is 0 Å². The molecular weight excluding hydrogens is 296 g/mol. The number of rotatable bonds is 3.